The van der Waals surface area contributed by atoms with Crippen LogP contribution in [0, 0.1) is 5.82 Å². The molecule has 9 heteroatoms. The molecule has 0 saturated carbocycles. The number of rotatable bonds is 6. The molecule has 1 unspecified atom stereocenters. The van der Waals surface area contributed by atoms with Crippen molar-refractivity contribution < 1.29 is 18.7 Å². The number of likely N-dealkylation sites (tertiary alicyclic amines) is 2. The second-order valence-electron chi connectivity index (χ2n) is 8.15. The zero-order chi connectivity index (χ0) is 21.8. The molecule has 0 spiro atoms. The third-order valence-corrected chi connectivity index (χ3v) is 6.13. The number of carbonyl (C=O) groups excluding carboxylic acids is 2. The molecule has 3 heterocycles. The second-order valence-corrected chi connectivity index (χ2v) is 8.15. The molecule has 0 N–H and O–H groups in total. The molecule has 1 aromatic heterocycles. The number of aryl methyl sites for hydroxylation is 1. The molecule has 4 rings (SSSR count). The van der Waals surface area contributed by atoms with Crippen molar-refractivity contribution in [2.24, 2.45) is 0 Å². The van der Waals surface area contributed by atoms with Gasteiger partial charge >= 0.3 is 0 Å². The first-order chi connectivity index (χ1) is 15.1. The highest BCUT2D eigenvalue weighted by Crippen LogP contribution is 2.25. The van der Waals surface area contributed by atoms with E-state index in [1.54, 1.807) is 16.9 Å². The molecule has 0 bridgehead atoms. The number of halogens is 1. The van der Waals surface area contributed by atoms with Crippen molar-refractivity contribution >= 4 is 11.8 Å². The lowest BCUT2D eigenvalue weighted by atomic mass is 9.98. The maximum Gasteiger partial charge on any atom is 0.276 e. The van der Waals surface area contributed by atoms with Gasteiger partial charge in [0.15, 0.2) is 17.3 Å². The van der Waals surface area contributed by atoms with E-state index in [-0.39, 0.29) is 23.6 Å². The van der Waals surface area contributed by atoms with Gasteiger partial charge in [-0.15, -0.1) is 5.10 Å². The number of hydrogen-bond acceptors (Lipinski definition) is 5. The molecule has 166 valence electrons. The Morgan fingerprint density at radius 2 is 1.90 bits per heavy atom. The third-order valence-electron chi connectivity index (χ3n) is 6.13. The van der Waals surface area contributed by atoms with Gasteiger partial charge in [-0.3, -0.25) is 14.3 Å². The molecule has 2 amide bonds. The van der Waals surface area contributed by atoms with E-state index < -0.39 is 5.82 Å². The monoisotopic (exact) mass is 429 g/mol. The molecule has 8 nitrogen and oxygen atoms in total. The zero-order valence-electron chi connectivity index (χ0n) is 17.8. The number of ether oxygens (including phenoxy) is 1. The van der Waals surface area contributed by atoms with E-state index in [0.717, 1.165) is 45.2 Å². The average Bonchev–Trinajstić information content (AvgIpc) is 3.49. The quantitative estimate of drug-likeness (QED) is 0.705. The van der Waals surface area contributed by atoms with Crippen LogP contribution in [0.3, 0.4) is 0 Å². The molecule has 2 saturated heterocycles. The van der Waals surface area contributed by atoms with Crippen molar-refractivity contribution in [2.45, 2.75) is 51.1 Å². The van der Waals surface area contributed by atoms with Gasteiger partial charge in [0.25, 0.3) is 11.8 Å². The Morgan fingerprint density at radius 3 is 2.65 bits per heavy atom. The van der Waals surface area contributed by atoms with Crippen LogP contribution >= 0.6 is 0 Å². The fourth-order valence-corrected chi connectivity index (χ4v) is 4.40. The Bertz CT molecular complexity index is 941. The molecule has 2 aliphatic rings. The van der Waals surface area contributed by atoms with Crippen molar-refractivity contribution in [3.8, 4) is 5.75 Å². The summed E-state index contributed by atoms with van der Waals surface area (Å²) >= 11 is 0. The van der Waals surface area contributed by atoms with E-state index in [2.05, 4.69) is 10.3 Å². The van der Waals surface area contributed by atoms with Crippen LogP contribution in [0.5, 0.6) is 5.75 Å². The van der Waals surface area contributed by atoms with E-state index >= 15 is 0 Å². The smallest absolute Gasteiger partial charge is 0.276 e. The molecule has 0 radical (unpaired) electrons. The number of benzene rings is 1. The lowest BCUT2D eigenvalue weighted by Gasteiger charge is -2.36. The lowest BCUT2D eigenvalue weighted by molar-refractivity contribution is 0.0593. The largest absolute Gasteiger partial charge is 0.494 e. The number of carbonyl (C=O) groups is 2. The van der Waals surface area contributed by atoms with E-state index in [0.29, 0.717) is 30.8 Å². The molecule has 2 fully saturated rings. The van der Waals surface area contributed by atoms with Crippen LogP contribution in [-0.2, 0) is 6.54 Å². The second kappa shape index (κ2) is 9.45. The maximum atomic E-state index is 14.1. The van der Waals surface area contributed by atoms with Gasteiger partial charge in [0.05, 0.1) is 13.3 Å². The number of aromatic nitrogens is 3. The van der Waals surface area contributed by atoms with Crippen LogP contribution in [0.2, 0.25) is 0 Å². The van der Waals surface area contributed by atoms with E-state index in [9.17, 15) is 14.0 Å². The van der Waals surface area contributed by atoms with E-state index in [4.69, 9.17) is 4.74 Å². The number of hydrogen-bond donors (Lipinski definition) is 0. The zero-order valence-corrected chi connectivity index (χ0v) is 17.8. The summed E-state index contributed by atoms with van der Waals surface area (Å²) < 4.78 is 20.7. The Hall–Kier alpha value is -2.97. The number of amides is 2. The summed E-state index contributed by atoms with van der Waals surface area (Å²) in [6, 6.07) is 4.35. The minimum Gasteiger partial charge on any atom is -0.494 e. The summed E-state index contributed by atoms with van der Waals surface area (Å²) in [7, 11) is 1.40. The molecular formula is C22H28FN5O3. The number of piperidine rings is 1. The highest BCUT2D eigenvalue weighted by Gasteiger charge is 2.28. The van der Waals surface area contributed by atoms with E-state index in [1.165, 1.54) is 19.2 Å². The van der Waals surface area contributed by atoms with Crippen LogP contribution in [0.15, 0.2) is 24.4 Å². The summed E-state index contributed by atoms with van der Waals surface area (Å²) in [5, 5.41) is 8.14. The number of nitrogens with zero attached hydrogens (tertiary/aromatic N) is 5. The summed E-state index contributed by atoms with van der Waals surface area (Å²) in [6.07, 6.45) is 7.31. The highest BCUT2D eigenvalue weighted by molar-refractivity contribution is 5.94. The van der Waals surface area contributed by atoms with Gasteiger partial charge in [-0.2, -0.15) is 0 Å². The topological polar surface area (TPSA) is 80.6 Å². The van der Waals surface area contributed by atoms with Crippen molar-refractivity contribution in [1.82, 2.24) is 24.8 Å². The van der Waals surface area contributed by atoms with Gasteiger partial charge < -0.3 is 14.5 Å². The van der Waals surface area contributed by atoms with Crippen LogP contribution < -0.4 is 4.74 Å². The number of methoxy groups -OCH3 is 1. The predicted octanol–water partition coefficient (Wildman–Crippen LogP) is 2.75. The van der Waals surface area contributed by atoms with Gasteiger partial charge in [-0.05, 0) is 56.7 Å². The maximum absolute atomic E-state index is 14.1. The molecule has 31 heavy (non-hydrogen) atoms. The molecule has 2 aromatic rings. The first kappa shape index (κ1) is 21.3. The van der Waals surface area contributed by atoms with Crippen LogP contribution in [-0.4, -0.2) is 69.4 Å². The Morgan fingerprint density at radius 1 is 1.13 bits per heavy atom. The SMILES string of the molecule is COc1ccc(C(=O)N2CCCCC2CCn2cc(C(=O)N3CCCC3)nn2)cc1F. The standard InChI is InChI=1S/C22H28FN5O3/c1-31-20-8-7-16(14-18(20)23)21(29)28-12-3-2-6-17(28)9-13-27-15-19(24-25-27)22(30)26-10-4-5-11-26/h7-8,14-15,17H,2-6,9-13H2,1H3. The highest BCUT2D eigenvalue weighted by atomic mass is 19.1. The predicted molar refractivity (Wildman–Crippen MR) is 111 cm³/mol. The summed E-state index contributed by atoms with van der Waals surface area (Å²) in [5.74, 6) is -0.661. The Kier molecular flexibility index (Phi) is 6.48. The fourth-order valence-electron chi connectivity index (χ4n) is 4.40. The van der Waals surface area contributed by atoms with Crippen molar-refractivity contribution in [3.05, 3.63) is 41.5 Å². The molecule has 1 aromatic carbocycles. The molecular weight excluding hydrogens is 401 g/mol. The minimum atomic E-state index is -0.542. The first-order valence-electron chi connectivity index (χ1n) is 10.9. The van der Waals surface area contributed by atoms with Gasteiger partial charge in [0.2, 0.25) is 0 Å². The minimum absolute atomic E-state index is 0.0355. The van der Waals surface area contributed by atoms with Gasteiger partial charge in [0, 0.05) is 37.8 Å². The fraction of sp³-hybridized carbons (Fsp3) is 0.545. The van der Waals surface area contributed by atoms with E-state index in [1.807, 2.05) is 9.80 Å². The van der Waals surface area contributed by atoms with Crippen LogP contribution in [0.1, 0.15) is 59.4 Å². The van der Waals surface area contributed by atoms with Crippen molar-refractivity contribution in [2.75, 3.05) is 26.7 Å². The summed E-state index contributed by atoms with van der Waals surface area (Å²) in [6.45, 7) is 2.76. The molecule has 0 aliphatic carbocycles. The first-order valence-corrected chi connectivity index (χ1v) is 10.9. The third kappa shape index (κ3) is 4.70. The lowest BCUT2D eigenvalue weighted by Crippen LogP contribution is -2.44. The Balaban J connectivity index is 1.39. The molecule has 1 atom stereocenters. The van der Waals surface area contributed by atoms with Gasteiger partial charge in [-0.1, -0.05) is 5.21 Å². The van der Waals surface area contributed by atoms with Gasteiger partial charge in [0.1, 0.15) is 0 Å². The van der Waals surface area contributed by atoms with Crippen molar-refractivity contribution in [1.29, 1.82) is 0 Å². The van der Waals surface area contributed by atoms with Gasteiger partial charge in [-0.25, -0.2) is 4.39 Å². The summed E-state index contributed by atoms with van der Waals surface area (Å²) in [4.78, 5) is 29.1. The average molecular weight is 429 g/mol. The molecule has 2 aliphatic heterocycles. The Labute approximate surface area is 181 Å². The normalized spacial score (nSPS) is 19.0. The van der Waals surface area contributed by atoms with Crippen LogP contribution in [0.4, 0.5) is 4.39 Å². The van der Waals surface area contributed by atoms with Crippen LogP contribution in [0.25, 0.3) is 0 Å². The van der Waals surface area contributed by atoms with Crippen molar-refractivity contribution in [3.63, 3.8) is 0 Å². The summed E-state index contributed by atoms with van der Waals surface area (Å²) in [5.41, 5.74) is 0.691.